The molecule has 4 rings (SSSR count). The highest BCUT2D eigenvalue weighted by molar-refractivity contribution is 5.89. The van der Waals surface area contributed by atoms with Crippen LogP contribution in [0.4, 0.5) is 8.78 Å². The minimum Gasteiger partial charge on any atom is -0.443 e. The van der Waals surface area contributed by atoms with E-state index in [4.69, 9.17) is 14.9 Å². The third-order valence-corrected chi connectivity index (χ3v) is 6.36. The summed E-state index contributed by atoms with van der Waals surface area (Å²) >= 11 is 0. The van der Waals surface area contributed by atoms with Crippen LogP contribution in [0.5, 0.6) is 0 Å². The second-order valence-electron chi connectivity index (χ2n) is 7.80. The van der Waals surface area contributed by atoms with Gasteiger partial charge in [0.15, 0.2) is 5.41 Å². The van der Waals surface area contributed by atoms with Gasteiger partial charge < -0.3 is 9.47 Å². The lowest BCUT2D eigenvalue weighted by Crippen LogP contribution is -2.57. The van der Waals surface area contributed by atoms with Crippen molar-refractivity contribution >= 4 is 5.90 Å². The van der Waals surface area contributed by atoms with Crippen LogP contribution < -0.4 is 0 Å². The molecule has 2 fully saturated rings. The van der Waals surface area contributed by atoms with Gasteiger partial charge in [-0.25, -0.2) is 8.78 Å². The molecule has 0 amide bonds. The van der Waals surface area contributed by atoms with Crippen LogP contribution >= 0.6 is 0 Å². The minimum atomic E-state index is -2.36. The Hall–Kier alpha value is -3.80. The Bertz CT molecular complexity index is 1210. The molecule has 6 nitrogen and oxygen atoms in total. The van der Waals surface area contributed by atoms with Crippen LogP contribution in [-0.2, 0) is 15.3 Å². The van der Waals surface area contributed by atoms with Crippen molar-refractivity contribution in [2.75, 3.05) is 0 Å². The van der Waals surface area contributed by atoms with Crippen LogP contribution in [0.2, 0.25) is 0 Å². The van der Waals surface area contributed by atoms with Crippen molar-refractivity contribution in [2.45, 2.75) is 25.7 Å². The maximum atomic E-state index is 14.8. The highest BCUT2D eigenvalue weighted by atomic mass is 19.1. The van der Waals surface area contributed by atoms with Crippen molar-refractivity contribution in [3.63, 3.8) is 0 Å². The van der Waals surface area contributed by atoms with Gasteiger partial charge in [-0.1, -0.05) is 36.8 Å². The number of nitriles is 3. The van der Waals surface area contributed by atoms with E-state index in [-0.39, 0.29) is 0 Å². The summed E-state index contributed by atoms with van der Waals surface area (Å²) in [5.74, 6) is -5.06. The smallest absolute Gasteiger partial charge is 0.244 e. The summed E-state index contributed by atoms with van der Waals surface area (Å²) in [6, 6.07) is 15.0. The van der Waals surface area contributed by atoms with Gasteiger partial charge in [0, 0.05) is 11.1 Å². The van der Waals surface area contributed by atoms with E-state index < -0.39 is 51.7 Å². The van der Waals surface area contributed by atoms with Crippen molar-refractivity contribution in [1.29, 1.82) is 21.2 Å². The third kappa shape index (κ3) is 2.33. The second kappa shape index (κ2) is 6.60. The Morgan fingerprint density at radius 3 is 2.23 bits per heavy atom. The molecular formula is C23H16F2N4O2. The minimum absolute atomic E-state index is 0.399. The van der Waals surface area contributed by atoms with E-state index in [1.807, 2.05) is 13.0 Å². The zero-order valence-electron chi connectivity index (χ0n) is 16.6. The number of benzene rings is 2. The fourth-order valence-electron chi connectivity index (χ4n) is 4.65. The van der Waals surface area contributed by atoms with E-state index >= 15 is 0 Å². The first kappa shape index (κ1) is 20.5. The van der Waals surface area contributed by atoms with E-state index in [0.717, 1.165) is 23.8 Å². The lowest BCUT2D eigenvalue weighted by molar-refractivity contribution is -0.289. The normalized spacial score (nSPS) is 30.5. The molecule has 4 unspecified atom stereocenters. The van der Waals surface area contributed by atoms with Crippen molar-refractivity contribution in [3.05, 3.63) is 70.8 Å². The average molecular weight is 418 g/mol. The molecule has 0 aromatic heterocycles. The Labute approximate surface area is 177 Å². The first-order valence-corrected chi connectivity index (χ1v) is 9.44. The molecule has 2 bridgehead atoms. The fraction of sp³-hybridized carbons (Fsp3) is 0.304. The highest BCUT2D eigenvalue weighted by Gasteiger charge is 2.80. The molecule has 2 aromatic rings. The van der Waals surface area contributed by atoms with E-state index in [9.17, 15) is 24.6 Å². The summed E-state index contributed by atoms with van der Waals surface area (Å²) in [5, 5.41) is 38.9. The van der Waals surface area contributed by atoms with E-state index in [1.54, 1.807) is 43.3 Å². The number of aryl methyl sites for hydroxylation is 1. The summed E-state index contributed by atoms with van der Waals surface area (Å²) < 4.78 is 40.8. The summed E-state index contributed by atoms with van der Waals surface area (Å²) in [5.41, 5.74) is -3.48. The monoisotopic (exact) mass is 418 g/mol. The largest absolute Gasteiger partial charge is 0.443 e. The van der Waals surface area contributed by atoms with E-state index in [1.165, 1.54) is 0 Å². The molecule has 0 saturated carbocycles. The summed E-state index contributed by atoms with van der Waals surface area (Å²) in [4.78, 5) is 0. The van der Waals surface area contributed by atoms with E-state index in [2.05, 4.69) is 0 Å². The van der Waals surface area contributed by atoms with Gasteiger partial charge in [-0.15, -0.1) is 0 Å². The molecule has 1 N–H and O–H groups in total. The van der Waals surface area contributed by atoms with Gasteiger partial charge in [0.2, 0.25) is 17.1 Å². The van der Waals surface area contributed by atoms with Crippen molar-refractivity contribution < 1.29 is 18.3 Å². The molecule has 0 spiro atoms. The molecule has 0 aliphatic carbocycles. The molecule has 4 atom stereocenters. The molecule has 154 valence electrons. The van der Waals surface area contributed by atoms with Gasteiger partial charge >= 0.3 is 0 Å². The zero-order valence-corrected chi connectivity index (χ0v) is 16.6. The second-order valence-corrected chi connectivity index (χ2v) is 7.80. The highest BCUT2D eigenvalue weighted by Crippen LogP contribution is 2.69. The number of halogens is 2. The third-order valence-electron chi connectivity index (χ3n) is 6.36. The molecule has 31 heavy (non-hydrogen) atoms. The predicted octanol–water partition coefficient (Wildman–Crippen LogP) is 4.38. The molecule has 2 aromatic carbocycles. The van der Waals surface area contributed by atoms with Crippen LogP contribution in [0.25, 0.3) is 0 Å². The van der Waals surface area contributed by atoms with Gasteiger partial charge in [0.05, 0.1) is 24.1 Å². The molecule has 0 radical (unpaired) electrons. The summed E-state index contributed by atoms with van der Waals surface area (Å²) in [7, 11) is 0. The number of hydrogen-bond acceptors (Lipinski definition) is 6. The summed E-state index contributed by atoms with van der Waals surface area (Å²) in [6.45, 7) is 3.41. The molecule has 8 heteroatoms. The first-order chi connectivity index (χ1) is 14.7. The Morgan fingerprint density at radius 1 is 1.00 bits per heavy atom. The molecule has 2 aliphatic rings. The van der Waals surface area contributed by atoms with Crippen LogP contribution in [0.1, 0.15) is 29.7 Å². The van der Waals surface area contributed by atoms with Gasteiger partial charge in [-0.2, -0.15) is 15.8 Å². The number of nitrogens with zero attached hydrogens (tertiary/aromatic N) is 3. The lowest BCUT2D eigenvalue weighted by atomic mass is 9.53. The van der Waals surface area contributed by atoms with Gasteiger partial charge in [-0.3, -0.25) is 5.41 Å². The van der Waals surface area contributed by atoms with Crippen LogP contribution in [-0.4, -0.2) is 5.90 Å². The first-order valence-electron chi connectivity index (χ1n) is 9.44. The predicted molar refractivity (Wildman–Crippen MR) is 103 cm³/mol. The Balaban J connectivity index is 2.07. The van der Waals surface area contributed by atoms with Gasteiger partial charge in [-0.05, 0) is 25.1 Å². The SMILES string of the molecule is Cc1ccc(C23OC(=N)C(C#N)(C2C)C(C#N)(C#N)C(c2cc(F)ccc2F)O3)cc1. The van der Waals surface area contributed by atoms with Crippen molar-refractivity contribution in [1.82, 2.24) is 0 Å². The maximum Gasteiger partial charge on any atom is 0.244 e. The summed E-state index contributed by atoms with van der Waals surface area (Å²) in [6.07, 6.45) is -1.70. The van der Waals surface area contributed by atoms with Crippen molar-refractivity contribution in [3.8, 4) is 18.2 Å². The van der Waals surface area contributed by atoms with E-state index in [0.29, 0.717) is 5.56 Å². The molecular weight excluding hydrogens is 402 g/mol. The Kier molecular flexibility index (Phi) is 4.36. The van der Waals surface area contributed by atoms with Crippen LogP contribution in [0, 0.1) is 74.7 Å². The van der Waals surface area contributed by atoms with Gasteiger partial charge in [0.1, 0.15) is 17.7 Å². The Morgan fingerprint density at radius 2 is 1.65 bits per heavy atom. The van der Waals surface area contributed by atoms with Crippen LogP contribution in [0.15, 0.2) is 42.5 Å². The fourth-order valence-corrected chi connectivity index (χ4v) is 4.65. The molecule has 2 saturated heterocycles. The zero-order chi connectivity index (χ0) is 22.6. The van der Waals surface area contributed by atoms with Crippen molar-refractivity contribution in [2.24, 2.45) is 16.7 Å². The number of fused-ring (bicyclic) bond motifs is 2. The lowest BCUT2D eigenvalue weighted by Gasteiger charge is -2.48. The number of ether oxygens (including phenoxy) is 2. The standard InChI is InChI=1S/C23H16F2N4O2/c1-13-3-5-15(6-4-13)23-14(2)22(12-28,20(29)31-23)21(10-26,11-27)19(30-23)17-9-16(24)7-8-18(17)25/h3-9,14,19,29H,1-2H3. The number of rotatable bonds is 2. The molecule has 2 heterocycles. The average Bonchev–Trinajstić information content (AvgIpc) is 2.92. The topological polar surface area (TPSA) is 114 Å². The van der Waals surface area contributed by atoms with Crippen LogP contribution in [0.3, 0.4) is 0 Å². The molecule has 2 aliphatic heterocycles. The quantitative estimate of drug-likeness (QED) is 0.777. The number of nitrogens with one attached hydrogen (secondary N) is 1. The van der Waals surface area contributed by atoms with Gasteiger partial charge in [0.25, 0.3) is 0 Å². The maximum absolute atomic E-state index is 14.8. The number of hydrogen-bond donors (Lipinski definition) is 1.